The van der Waals surface area contributed by atoms with Crippen molar-refractivity contribution in [3.8, 4) is 0 Å². The number of hydrogen-bond donors (Lipinski definition) is 2. The van der Waals surface area contributed by atoms with Gasteiger partial charge < -0.3 is 15.3 Å². The molecule has 1 rings (SSSR count). The molecule has 112 valence electrons. The minimum Gasteiger partial charge on any atom is -0.481 e. The highest BCUT2D eigenvalue weighted by atomic mass is 79.9. The van der Waals surface area contributed by atoms with Crippen molar-refractivity contribution < 1.29 is 14.7 Å². The van der Waals surface area contributed by atoms with Crippen LogP contribution in [0.4, 0.5) is 5.69 Å². The lowest BCUT2D eigenvalue weighted by molar-refractivity contribution is -0.137. The molecule has 0 fully saturated rings. The second-order valence-corrected chi connectivity index (χ2v) is 5.08. The zero-order valence-corrected chi connectivity index (χ0v) is 13.5. The molecule has 1 amide bonds. The summed E-state index contributed by atoms with van der Waals surface area (Å²) in [5, 5.41) is 11.4. The van der Waals surface area contributed by atoms with Gasteiger partial charge in [0.1, 0.15) is 0 Å². The van der Waals surface area contributed by atoms with Crippen LogP contribution >= 0.6 is 28.3 Å². The van der Waals surface area contributed by atoms with E-state index in [1.165, 1.54) is 0 Å². The van der Waals surface area contributed by atoms with Crippen LogP contribution < -0.4 is 5.32 Å². The van der Waals surface area contributed by atoms with Crippen molar-refractivity contribution in [3.05, 3.63) is 28.7 Å². The van der Waals surface area contributed by atoms with E-state index in [1.807, 2.05) is 29.2 Å². The number of carbonyl (C=O) groups is 2. The molecule has 1 aromatic carbocycles. The van der Waals surface area contributed by atoms with Crippen molar-refractivity contribution in [2.24, 2.45) is 0 Å². The Morgan fingerprint density at radius 3 is 2.45 bits per heavy atom. The Morgan fingerprint density at radius 2 is 1.85 bits per heavy atom. The Kier molecular flexibility index (Phi) is 9.20. The second kappa shape index (κ2) is 9.74. The Hall–Kier alpha value is -1.11. The van der Waals surface area contributed by atoms with Crippen LogP contribution in [-0.4, -0.2) is 42.0 Å². The predicted molar refractivity (Wildman–Crippen MR) is 84.4 cm³/mol. The monoisotopic (exact) mass is 364 g/mol. The molecular formula is C13H18BrClN2O3. The summed E-state index contributed by atoms with van der Waals surface area (Å²) in [7, 11) is 1.80. The quantitative estimate of drug-likeness (QED) is 0.779. The summed E-state index contributed by atoms with van der Waals surface area (Å²) in [4.78, 5) is 24.0. The SMILES string of the molecule is CN(CCC(=O)O)CCC(=O)Nc1ccccc1Br.Cl. The van der Waals surface area contributed by atoms with Crippen LogP contribution in [0, 0.1) is 0 Å². The lowest BCUT2D eigenvalue weighted by Crippen LogP contribution is -2.26. The molecule has 0 aliphatic rings. The highest BCUT2D eigenvalue weighted by Gasteiger charge is 2.07. The number of amides is 1. The summed E-state index contributed by atoms with van der Waals surface area (Å²) < 4.78 is 0.836. The van der Waals surface area contributed by atoms with Gasteiger partial charge >= 0.3 is 5.97 Å². The van der Waals surface area contributed by atoms with Gasteiger partial charge in [-0.1, -0.05) is 12.1 Å². The van der Waals surface area contributed by atoms with E-state index in [9.17, 15) is 9.59 Å². The first-order valence-corrected chi connectivity index (χ1v) is 6.73. The summed E-state index contributed by atoms with van der Waals surface area (Å²) in [5.74, 6) is -0.918. The van der Waals surface area contributed by atoms with Crippen molar-refractivity contribution in [1.82, 2.24) is 4.90 Å². The first-order valence-electron chi connectivity index (χ1n) is 5.93. The number of nitrogens with zero attached hydrogens (tertiary/aromatic N) is 1. The van der Waals surface area contributed by atoms with Crippen LogP contribution in [0.5, 0.6) is 0 Å². The minimum absolute atomic E-state index is 0. The van der Waals surface area contributed by atoms with Crippen LogP contribution in [0.2, 0.25) is 0 Å². The number of carboxylic acid groups (broad SMARTS) is 1. The van der Waals surface area contributed by atoms with Crippen molar-refractivity contribution in [2.75, 3.05) is 25.5 Å². The standard InChI is InChI=1S/C13H17BrN2O3.ClH/c1-16(9-7-13(18)19)8-6-12(17)15-11-5-3-2-4-10(11)14;/h2-5H,6-9H2,1H3,(H,15,17)(H,18,19);1H. The molecule has 0 saturated heterocycles. The van der Waals surface area contributed by atoms with Crippen molar-refractivity contribution >= 4 is 45.9 Å². The molecule has 0 spiro atoms. The molecule has 0 bridgehead atoms. The second-order valence-electron chi connectivity index (χ2n) is 4.23. The van der Waals surface area contributed by atoms with E-state index >= 15 is 0 Å². The maximum Gasteiger partial charge on any atom is 0.304 e. The lowest BCUT2D eigenvalue weighted by atomic mass is 10.3. The van der Waals surface area contributed by atoms with Crippen LogP contribution in [-0.2, 0) is 9.59 Å². The summed E-state index contributed by atoms with van der Waals surface area (Å²) in [6.45, 7) is 0.973. The molecule has 1 aromatic rings. The Morgan fingerprint density at radius 1 is 1.25 bits per heavy atom. The fourth-order valence-corrected chi connectivity index (χ4v) is 1.85. The summed E-state index contributed by atoms with van der Waals surface area (Å²) in [6, 6.07) is 7.39. The topological polar surface area (TPSA) is 69.6 Å². The number of para-hydroxylation sites is 1. The molecule has 0 unspecified atom stereocenters. The van der Waals surface area contributed by atoms with Crippen LogP contribution in [0.1, 0.15) is 12.8 Å². The van der Waals surface area contributed by atoms with E-state index in [2.05, 4.69) is 21.2 Å². The van der Waals surface area contributed by atoms with Gasteiger partial charge in [0.05, 0.1) is 12.1 Å². The van der Waals surface area contributed by atoms with Gasteiger partial charge in [0.2, 0.25) is 5.91 Å². The maximum atomic E-state index is 11.7. The van der Waals surface area contributed by atoms with E-state index in [0.717, 1.165) is 10.2 Å². The Labute approximate surface area is 132 Å². The summed E-state index contributed by atoms with van der Waals surface area (Å²) >= 11 is 3.36. The average molecular weight is 366 g/mol. The van der Waals surface area contributed by atoms with Gasteiger partial charge in [-0.25, -0.2) is 0 Å². The third kappa shape index (κ3) is 7.47. The number of carboxylic acids is 1. The van der Waals surface area contributed by atoms with E-state index in [4.69, 9.17) is 5.11 Å². The van der Waals surface area contributed by atoms with Crippen LogP contribution in [0.15, 0.2) is 28.7 Å². The smallest absolute Gasteiger partial charge is 0.304 e. The molecule has 0 aromatic heterocycles. The molecule has 0 aliphatic carbocycles. The number of hydrogen-bond acceptors (Lipinski definition) is 3. The number of carbonyl (C=O) groups excluding carboxylic acids is 1. The molecule has 2 N–H and O–H groups in total. The van der Waals surface area contributed by atoms with Gasteiger partial charge in [0, 0.05) is 24.0 Å². The number of benzene rings is 1. The molecule has 0 aliphatic heterocycles. The maximum absolute atomic E-state index is 11.7. The van der Waals surface area contributed by atoms with Gasteiger partial charge in [-0.15, -0.1) is 12.4 Å². The average Bonchev–Trinajstić information content (AvgIpc) is 2.36. The van der Waals surface area contributed by atoms with E-state index in [0.29, 0.717) is 19.5 Å². The third-order valence-corrected chi connectivity index (χ3v) is 3.27. The van der Waals surface area contributed by atoms with E-state index in [-0.39, 0.29) is 24.7 Å². The van der Waals surface area contributed by atoms with Crippen molar-refractivity contribution in [3.63, 3.8) is 0 Å². The van der Waals surface area contributed by atoms with Gasteiger partial charge in [0.25, 0.3) is 0 Å². The summed E-state index contributed by atoms with van der Waals surface area (Å²) in [6.07, 6.45) is 0.416. The number of aliphatic carboxylic acids is 1. The highest BCUT2D eigenvalue weighted by molar-refractivity contribution is 9.10. The van der Waals surface area contributed by atoms with Crippen molar-refractivity contribution in [1.29, 1.82) is 0 Å². The largest absolute Gasteiger partial charge is 0.481 e. The molecule has 5 nitrogen and oxygen atoms in total. The molecular weight excluding hydrogens is 348 g/mol. The molecule has 0 heterocycles. The van der Waals surface area contributed by atoms with Crippen molar-refractivity contribution in [2.45, 2.75) is 12.8 Å². The van der Waals surface area contributed by atoms with Gasteiger partial charge in [-0.05, 0) is 35.1 Å². The zero-order chi connectivity index (χ0) is 14.3. The fourth-order valence-electron chi connectivity index (χ4n) is 1.47. The normalized spacial score (nSPS) is 9.95. The van der Waals surface area contributed by atoms with Crippen LogP contribution in [0.3, 0.4) is 0 Å². The Bertz CT molecular complexity index is 457. The molecule has 0 saturated carbocycles. The lowest BCUT2D eigenvalue weighted by Gasteiger charge is -2.15. The van der Waals surface area contributed by atoms with E-state index in [1.54, 1.807) is 7.05 Å². The predicted octanol–water partition coefficient (Wildman–Crippen LogP) is 2.61. The number of nitrogens with one attached hydrogen (secondary N) is 1. The third-order valence-electron chi connectivity index (χ3n) is 2.58. The van der Waals surface area contributed by atoms with Gasteiger partial charge in [0.15, 0.2) is 0 Å². The molecule has 0 radical (unpaired) electrons. The molecule has 7 heteroatoms. The highest BCUT2D eigenvalue weighted by Crippen LogP contribution is 2.21. The Balaban J connectivity index is 0.00000361. The number of anilines is 1. The van der Waals surface area contributed by atoms with E-state index < -0.39 is 5.97 Å². The van der Waals surface area contributed by atoms with Gasteiger partial charge in [-0.2, -0.15) is 0 Å². The molecule has 20 heavy (non-hydrogen) atoms. The number of rotatable bonds is 7. The minimum atomic E-state index is -0.829. The summed E-state index contributed by atoms with van der Waals surface area (Å²) in [5.41, 5.74) is 0.737. The first kappa shape index (κ1) is 18.9. The number of halogens is 2. The first-order chi connectivity index (χ1) is 8.99. The molecule has 0 atom stereocenters. The zero-order valence-electron chi connectivity index (χ0n) is 11.1. The van der Waals surface area contributed by atoms with Crippen LogP contribution in [0.25, 0.3) is 0 Å². The van der Waals surface area contributed by atoms with Gasteiger partial charge in [-0.3, -0.25) is 9.59 Å². The fraction of sp³-hybridized carbons (Fsp3) is 0.385.